The normalized spacial score (nSPS) is 23.5. The number of rotatable bonds is 2. The summed E-state index contributed by atoms with van der Waals surface area (Å²) < 4.78 is 5.48. The summed E-state index contributed by atoms with van der Waals surface area (Å²) in [6, 6.07) is 0. The minimum absolute atomic E-state index is 0.472. The molecule has 1 heterocycles. The van der Waals surface area contributed by atoms with Crippen molar-refractivity contribution in [3.05, 3.63) is 0 Å². The van der Waals surface area contributed by atoms with Gasteiger partial charge in [0, 0.05) is 12.0 Å². The van der Waals surface area contributed by atoms with Crippen molar-refractivity contribution in [2.45, 2.75) is 34.1 Å². The molecule has 0 spiro atoms. The highest BCUT2D eigenvalue weighted by molar-refractivity contribution is 4.88. The van der Waals surface area contributed by atoms with E-state index in [9.17, 15) is 0 Å². The van der Waals surface area contributed by atoms with Gasteiger partial charge in [0.2, 0.25) is 0 Å². The zero-order valence-corrected chi connectivity index (χ0v) is 8.18. The van der Waals surface area contributed by atoms with Gasteiger partial charge in [0.05, 0.1) is 6.61 Å². The molecule has 0 unspecified atom stereocenters. The Bertz CT molecular complexity index is 111. The van der Waals surface area contributed by atoms with Gasteiger partial charge in [0.1, 0.15) is 0 Å². The first kappa shape index (κ1) is 9.05. The highest BCUT2D eigenvalue weighted by Crippen LogP contribution is 2.42. The molecule has 1 fully saturated rings. The molecule has 0 aromatic heterocycles. The molecule has 0 aromatic rings. The smallest absolute Gasteiger partial charge is 0.0528 e. The maximum Gasteiger partial charge on any atom is 0.0528 e. The molecule has 0 bridgehead atoms. The van der Waals surface area contributed by atoms with E-state index in [0.717, 1.165) is 25.0 Å². The fourth-order valence-corrected chi connectivity index (χ4v) is 2.17. The second-order valence-corrected chi connectivity index (χ2v) is 4.35. The van der Waals surface area contributed by atoms with Gasteiger partial charge in [0.15, 0.2) is 0 Å². The van der Waals surface area contributed by atoms with E-state index < -0.39 is 0 Å². The van der Waals surface area contributed by atoms with Gasteiger partial charge in [-0.05, 0) is 18.3 Å². The van der Waals surface area contributed by atoms with Gasteiger partial charge in [-0.15, -0.1) is 0 Å². The summed E-state index contributed by atoms with van der Waals surface area (Å²) in [7, 11) is 0. The molecule has 1 nitrogen and oxygen atoms in total. The Morgan fingerprint density at radius 3 is 1.82 bits per heavy atom. The molecule has 0 aromatic carbocycles. The van der Waals surface area contributed by atoms with Crippen LogP contribution < -0.4 is 0 Å². The predicted molar refractivity (Wildman–Crippen MR) is 47.5 cm³/mol. The fraction of sp³-hybridized carbons (Fsp3) is 1.00. The van der Waals surface area contributed by atoms with Crippen LogP contribution in [0.5, 0.6) is 0 Å². The van der Waals surface area contributed by atoms with Gasteiger partial charge in [0.25, 0.3) is 0 Å². The number of hydrogen-bond acceptors (Lipinski definition) is 1. The highest BCUT2D eigenvalue weighted by Gasteiger charge is 2.40. The van der Waals surface area contributed by atoms with E-state index in [1.807, 2.05) is 0 Å². The average molecular weight is 156 g/mol. The van der Waals surface area contributed by atoms with Crippen LogP contribution in [0.4, 0.5) is 0 Å². The Morgan fingerprint density at radius 1 is 1.09 bits per heavy atom. The number of ether oxygens (including phenoxy) is 1. The van der Waals surface area contributed by atoms with E-state index in [0.29, 0.717) is 5.41 Å². The van der Waals surface area contributed by atoms with E-state index >= 15 is 0 Å². The second kappa shape index (κ2) is 3.14. The van der Waals surface area contributed by atoms with E-state index in [2.05, 4.69) is 27.7 Å². The van der Waals surface area contributed by atoms with Gasteiger partial charge in [-0.2, -0.15) is 0 Å². The molecule has 1 saturated heterocycles. The van der Waals surface area contributed by atoms with E-state index in [-0.39, 0.29) is 0 Å². The lowest BCUT2D eigenvalue weighted by Crippen LogP contribution is -2.33. The van der Waals surface area contributed by atoms with Crippen molar-refractivity contribution in [2.75, 3.05) is 13.2 Å². The van der Waals surface area contributed by atoms with Crippen molar-refractivity contribution in [2.24, 2.45) is 17.3 Å². The summed E-state index contributed by atoms with van der Waals surface area (Å²) in [5.74, 6) is 1.51. The van der Waals surface area contributed by atoms with Crippen LogP contribution in [0.15, 0.2) is 0 Å². The minimum Gasteiger partial charge on any atom is -0.381 e. The van der Waals surface area contributed by atoms with Crippen LogP contribution in [0.25, 0.3) is 0 Å². The van der Waals surface area contributed by atoms with Crippen LogP contribution in [0, 0.1) is 17.3 Å². The van der Waals surface area contributed by atoms with Crippen LogP contribution in [0.1, 0.15) is 34.1 Å². The standard InChI is InChI=1S/C10H20O/c1-8(2)10(9(3)4)5-6-11-7-10/h8-9H,5-7H2,1-4H3. The van der Waals surface area contributed by atoms with Crippen molar-refractivity contribution in [1.29, 1.82) is 0 Å². The SMILES string of the molecule is CC(C)C1(C(C)C)CCOC1. The molecule has 0 radical (unpaired) electrons. The van der Waals surface area contributed by atoms with E-state index in [4.69, 9.17) is 4.74 Å². The summed E-state index contributed by atoms with van der Waals surface area (Å²) in [5, 5.41) is 0. The summed E-state index contributed by atoms with van der Waals surface area (Å²) in [6.45, 7) is 11.2. The van der Waals surface area contributed by atoms with Crippen LogP contribution >= 0.6 is 0 Å². The van der Waals surface area contributed by atoms with Crippen LogP contribution in [-0.4, -0.2) is 13.2 Å². The molecule has 1 aliphatic heterocycles. The maximum atomic E-state index is 5.48. The van der Waals surface area contributed by atoms with Crippen molar-refractivity contribution in [1.82, 2.24) is 0 Å². The molecule has 0 N–H and O–H groups in total. The summed E-state index contributed by atoms with van der Waals surface area (Å²) >= 11 is 0. The zero-order valence-electron chi connectivity index (χ0n) is 8.18. The second-order valence-electron chi connectivity index (χ2n) is 4.35. The number of hydrogen-bond donors (Lipinski definition) is 0. The molecule has 1 aliphatic rings. The Hall–Kier alpha value is -0.0400. The third-order valence-electron chi connectivity index (χ3n) is 3.38. The molecule has 1 rings (SSSR count). The molecule has 0 amide bonds. The third kappa shape index (κ3) is 1.44. The monoisotopic (exact) mass is 156 g/mol. The van der Waals surface area contributed by atoms with Gasteiger partial charge in [-0.1, -0.05) is 27.7 Å². The third-order valence-corrected chi connectivity index (χ3v) is 3.38. The van der Waals surface area contributed by atoms with Crippen LogP contribution in [0.2, 0.25) is 0 Å². The van der Waals surface area contributed by atoms with E-state index in [1.54, 1.807) is 0 Å². The molecule has 0 saturated carbocycles. The Balaban J connectivity index is 2.70. The lowest BCUT2D eigenvalue weighted by molar-refractivity contribution is 0.0778. The van der Waals surface area contributed by atoms with Gasteiger partial charge >= 0.3 is 0 Å². The Labute approximate surface area is 70.1 Å². The highest BCUT2D eigenvalue weighted by atomic mass is 16.5. The summed E-state index contributed by atoms with van der Waals surface area (Å²) in [6.07, 6.45) is 1.25. The predicted octanol–water partition coefficient (Wildman–Crippen LogP) is 2.71. The van der Waals surface area contributed by atoms with Crippen molar-refractivity contribution >= 4 is 0 Å². The van der Waals surface area contributed by atoms with Crippen molar-refractivity contribution < 1.29 is 4.74 Å². The largest absolute Gasteiger partial charge is 0.381 e. The van der Waals surface area contributed by atoms with Gasteiger partial charge in [-0.3, -0.25) is 0 Å². The van der Waals surface area contributed by atoms with E-state index in [1.165, 1.54) is 6.42 Å². The average Bonchev–Trinajstić information content (AvgIpc) is 2.34. The zero-order chi connectivity index (χ0) is 8.48. The summed E-state index contributed by atoms with van der Waals surface area (Å²) in [4.78, 5) is 0. The Kier molecular flexibility index (Phi) is 2.58. The first-order valence-electron chi connectivity index (χ1n) is 4.67. The van der Waals surface area contributed by atoms with Crippen LogP contribution in [-0.2, 0) is 4.74 Å². The molecule has 1 heteroatoms. The molecule has 66 valence electrons. The quantitative estimate of drug-likeness (QED) is 0.597. The maximum absolute atomic E-state index is 5.48. The van der Waals surface area contributed by atoms with Gasteiger partial charge < -0.3 is 4.74 Å². The molecular weight excluding hydrogens is 136 g/mol. The fourth-order valence-electron chi connectivity index (χ4n) is 2.17. The van der Waals surface area contributed by atoms with Gasteiger partial charge in [-0.25, -0.2) is 0 Å². The van der Waals surface area contributed by atoms with Crippen molar-refractivity contribution in [3.63, 3.8) is 0 Å². The molecular formula is C10H20O. The first-order valence-corrected chi connectivity index (χ1v) is 4.67. The molecule has 11 heavy (non-hydrogen) atoms. The van der Waals surface area contributed by atoms with Crippen LogP contribution in [0.3, 0.4) is 0 Å². The lowest BCUT2D eigenvalue weighted by atomic mass is 9.69. The summed E-state index contributed by atoms with van der Waals surface area (Å²) in [5.41, 5.74) is 0.472. The first-order chi connectivity index (χ1) is 5.09. The Morgan fingerprint density at radius 2 is 1.64 bits per heavy atom. The van der Waals surface area contributed by atoms with Crippen molar-refractivity contribution in [3.8, 4) is 0 Å². The molecule has 0 atom stereocenters. The molecule has 0 aliphatic carbocycles. The topological polar surface area (TPSA) is 9.23 Å². The lowest BCUT2D eigenvalue weighted by Gasteiger charge is -2.36. The minimum atomic E-state index is 0.472.